The van der Waals surface area contributed by atoms with Gasteiger partial charge in [0, 0.05) is 22.5 Å². The third kappa shape index (κ3) is 3.81. The Kier molecular flexibility index (Phi) is 5.32. The molecule has 3 aromatic carbocycles. The fourth-order valence-corrected chi connectivity index (χ4v) is 4.83. The molecule has 152 valence electrons. The van der Waals surface area contributed by atoms with Crippen LogP contribution in [0, 0.1) is 5.82 Å². The molecule has 0 unspecified atom stereocenters. The van der Waals surface area contributed by atoms with Crippen LogP contribution in [0.25, 0.3) is 0 Å². The van der Waals surface area contributed by atoms with Crippen LogP contribution in [-0.4, -0.2) is 14.2 Å². The number of nitrogens with zero attached hydrogens (tertiary/aromatic N) is 1. The van der Waals surface area contributed by atoms with Crippen LogP contribution in [0.15, 0.2) is 83.9 Å². The summed E-state index contributed by atoms with van der Waals surface area (Å²) < 4.78 is 41.3. The molecule has 0 spiro atoms. The Balaban J connectivity index is 1.77. The number of ketones is 1. The average Bonchev–Trinajstić information content (AvgIpc) is 2.72. The predicted octanol–water partition coefficient (Wildman–Crippen LogP) is 4.97. The normalized spacial score (nSPS) is 16.4. The fourth-order valence-electron chi connectivity index (χ4n) is 3.17. The number of carbonyl (C=O) groups is 1. The Bertz CT molecular complexity index is 1260. The number of anilines is 2. The van der Waals surface area contributed by atoms with Crippen molar-refractivity contribution in [3.05, 3.63) is 106 Å². The van der Waals surface area contributed by atoms with E-state index in [1.165, 1.54) is 22.5 Å². The molecular formula is C22H16ClFN2O3S. The minimum absolute atomic E-state index is 0.0289. The van der Waals surface area contributed by atoms with Crippen molar-refractivity contribution in [3.63, 3.8) is 0 Å². The van der Waals surface area contributed by atoms with Gasteiger partial charge in [0.15, 0.2) is 4.91 Å². The minimum Gasteiger partial charge on any atom is -0.360 e. The first-order chi connectivity index (χ1) is 14.4. The molecule has 0 saturated heterocycles. The fraction of sp³-hybridized carbons (Fsp3) is 0.0455. The van der Waals surface area contributed by atoms with Crippen molar-refractivity contribution in [1.29, 1.82) is 0 Å². The van der Waals surface area contributed by atoms with E-state index >= 15 is 0 Å². The lowest BCUT2D eigenvalue weighted by Gasteiger charge is -2.31. The summed E-state index contributed by atoms with van der Waals surface area (Å²) in [5, 5.41) is 3.26. The molecule has 0 radical (unpaired) electrons. The highest BCUT2D eigenvalue weighted by Gasteiger charge is 2.40. The number of sulfonamides is 1. The number of para-hydroxylation sites is 1. The topological polar surface area (TPSA) is 66.5 Å². The second-order valence-electron chi connectivity index (χ2n) is 6.65. The van der Waals surface area contributed by atoms with Gasteiger partial charge in [-0.2, -0.15) is 0 Å². The van der Waals surface area contributed by atoms with Gasteiger partial charge in [-0.25, -0.2) is 12.8 Å². The predicted molar refractivity (Wildman–Crippen MR) is 115 cm³/mol. The molecule has 1 aliphatic rings. The Hall–Kier alpha value is -3.16. The van der Waals surface area contributed by atoms with Gasteiger partial charge in [0.1, 0.15) is 5.82 Å². The van der Waals surface area contributed by atoms with E-state index in [9.17, 15) is 17.6 Å². The number of rotatable bonds is 4. The van der Waals surface area contributed by atoms with Gasteiger partial charge < -0.3 is 5.32 Å². The number of fused-ring (bicyclic) bond motifs is 1. The molecule has 5 nitrogen and oxygen atoms in total. The van der Waals surface area contributed by atoms with E-state index < -0.39 is 26.5 Å². The molecule has 30 heavy (non-hydrogen) atoms. The van der Waals surface area contributed by atoms with Crippen molar-refractivity contribution in [2.45, 2.75) is 6.54 Å². The summed E-state index contributed by atoms with van der Waals surface area (Å²) in [6, 6.07) is 18.9. The second-order valence-corrected chi connectivity index (χ2v) is 8.91. The number of nitrogens with one attached hydrogen (secondary N) is 1. The van der Waals surface area contributed by atoms with Gasteiger partial charge in [-0.15, -0.1) is 0 Å². The van der Waals surface area contributed by atoms with E-state index in [-0.39, 0.29) is 12.1 Å². The average molecular weight is 443 g/mol. The van der Waals surface area contributed by atoms with E-state index in [1.807, 2.05) is 0 Å². The van der Waals surface area contributed by atoms with Crippen LogP contribution in [-0.2, 0) is 16.6 Å². The van der Waals surface area contributed by atoms with Crippen molar-refractivity contribution in [2.75, 3.05) is 9.62 Å². The van der Waals surface area contributed by atoms with Crippen molar-refractivity contribution in [1.82, 2.24) is 0 Å². The van der Waals surface area contributed by atoms with Gasteiger partial charge in [0.05, 0.1) is 12.2 Å². The standard InChI is InChI=1S/C22H16ClFN2O3S/c23-16-10-8-15(9-11-16)14-26-20-7-2-1-6-19(20)22(27)21(30(26,28)29)13-25-18-5-3-4-17(24)12-18/h1-13,25H,14H2/b21-13+. The zero-order valence-electron chi connectivity index (χ0n) is 15.5. The SMILES string of the molecule is O=C1/C(=C\Nc2cccc(F)c2)S(=O)(=O)N(Cc2ccc(Cl)cc2)c2ccccc21. The third-order valence-corrected chi connectivity index (χ3v) is 6.66. The number of allylic oxidation sites excluding steroid dienone is 1. The van der Waals surface area contributed by atoms with Crippen LogP contribution in [0.5, 0.6) is 0 Å². The summed E-state index contributed by atoms with van der Waals surface area (Å²) in [7, 11) is -4.16. The molecular weight excluding hydrogens is 427 g/mol. The number of carbonyl (C=O) groups excluding carboxylic acids is 1. The van der Waals surface area contributed by atoms with Crippen molar-refractivity contribution >= 4 is 38.8 Å². The van der Waals surface area contributed by atoms with E-state index in [2.05, 4.69) is 5.32 Å². The third-order valence-electron chi connectivity index (χ3n) is 4.64. The highest BCUT2D eigenvalue weighted by atomic mass is 35.5. The monoisotopic (exact) mass is 442 g/mol. The van der Waals surface area contributed by atoms with Gasteiger partial charge in [-0.05, 0) is 48.0 Å². The lowest BCUT2D eigenvalue weighted by Crippen LogP contribution is -2.39. The Morgan fingerprint density at radius 1 is 1.00 bits per heavy atom. The molecule has 0 atom stereocenters. The number of halogens is 2. The lowest BCUT2D eigenvalue weighted by molar-refractivity contribution is 0.104. The first kappa shape index (κ1) is 20.1. The summed E-state index contributed by atoms with van der Waals surface area (Å²) >= 11 is 5.92. The number of benzene rings is 3. The quantitative estimate of drug-likeness (QED) is 0.579. The first-order valence-corrected chi connectivity index (χ1v) is 10.8. The van der Waals surface area contributed by atoms with Crippen molar-refractivity contribution in [2.24, 2.45) is 0 Å². The van der Waals surface area contributed by atoms with Crippen molar-refractivity contribution in [3.8, 4) is 0 Å². The molecule has 1 aliphatic heterocycles. The van der Waals surface area contributed by atoms with E-state index in [1.54, 1.807) is 54.6 Å². The van der Waals surface area contributed by atoms with Crippen LogP contribution in [0.3, 0.4) is 0 Å². The van der Waals surface area contributed by atoms with E-state index in [0.29, 0.717) is 22.0 Å². The van der Waals surface area contributed by atoms with Crippen LogP contribution in [0.4, 0.5) is 15.8 Å². The van der Waals surface area contributed by atoms with Gasteiger partial charge in [-0.1, -0.05) is 41.9 Å². The molecule has 4 rings (SSSR count). The summed E-state index contributed by atoms with van der Waals surface area (Å²) in [6.45, 7) is 0.0289. The van der Waals surface area contributed by atoms with Crippen LogP contribution in [0.1, 0.15) is 15.9 Å². The first-order valence-electron chi connectivity index (χ1n) is 8.99. The summed E-state index contributed by atoms with van der Waals surface area (Å²) in [5.41, 5.74) is 1.62. The maximum absolute atomic E-state index is 13.4. The van der Waals surface area contributed by atoms with Gasteiger partial charge >= 0.3 is 0 Å². The molecule has 1 N–H and O–H groups in total. The summed E-state index contributed by atoms with van der Waals surface area (Å²) in [6.07, 6.45) is 1.11. The van der Waals surface area contributed by atoms with E-state index in [0.717, 1.165) is 6.20 Å². The van der Waals surface area contributed by atoms with Gasteiger partial charge in [0.2, 0.25) is 5.78 Å². The lowest BCUT2D eigenvalue weighted by atomic mass is 10.1. The van der Waals surface area contributed by atoms with Crippen LogP contribution < -0.4 is 9.62 Å². The Morgan fingerprint density at radius 3 is 2.47 bits per heavy atom. The number of Topliss-reactive ketones (excluding diaryl/α,β-unsaturated/α-hetero) is 1. The molecule has 3 aromatic rings. The largest absolute Gasteiger partial charge is 0.360 e. The molecule has 8 heteroatoms. The van der Waals surface area contributed by atoms with Crippen LogP contribution in [0.2, 0.25) is 5.02 Å². The van der Waals surface area contributed by atoms with Crippen LogP contribution >= 0.6 is 11.6 Å². The maximum Gasteiger partial charge on any atom is 0.270 e. The summed E-state index contributed by atoms with van der Waals surface area (Å²) in [4.78, 5) is 12.5. The zero-order valence-corrected chi connectivity index (χ0v) is 17.1. The summed E-state index contributed by atoms with van der Waals surface area (Å²) in [5.74, 6) is -1.10. The van der Waals surface area contributed by atoms with Crippen molar-refractivity contribution < 1.29 is 17.6 Å². The molecule has 0 amide bonds. The Morgan fingerprint density at radius 2 is 1.73 bits per heavy atom. The van der Waals surface area contributed by atoms with Gasteiger partial charge in [0.25, 0.3) is 10.0 Å². The molecule has 0 fully saturated rings. The van der Waals surface area contributed by atoms with Gasteiger partial charge in [-0.3, -0.25) is 9.10 Å². The minimum atomic E-state index is -4.16. The second kappa shape index (κ2) is 7.93. The smallest absolute Gasteiger partial charge is 0.270 e. The zero-order chi connectivity index (χ0) is 21.3. The number of hydrogen-bond donors (Lipinski definition) is 1. The molecule has 0 bridgehead atoms. The number of hydrogen-bond acceptors (Lipinski definition) is 4. The molecule has 0 saturated carbocycles. The Labute approximate surface area is 178 Å². The highest BCUT2D eigenvalue weighted by Crippen LogP contribution is 2.36. The molecule has 1 heterocycles. The van der Waals surface area contributed by atoms with E-state index in [4.69, 9.17) is 11.6 Å². The molecule has 0 aromatic heterocycles. The molecule has 0 aliphatic carbocycles. The highest BCUT2D eigenvalue weighted by molar-refractivity contribution is 7.97. The maximum atomic E-state index is 13.4.